The number of rotatable bonds is 33. The van der Waals surface area contributed by atoms with Gasteiger partial charge in [0.2, 0.25) is 35.4 Å². The number of hydrogen-bond acceptors (Lipinski definition) is 13. The molecule has 7 rings (SSSR count). The number of nitrogens with zero attached hydrogens (tertiary/aromatic N) is 1. The summed E-state index contributed by atoms with van der Waals surface area (Å²) < 4.78 is 22.7. The first-order valence-electron chi connectivity index (χ1n) is 33.1. The highest BCUT2D eigenvalue weighted by Gasteiger charge is 2.41. The summed E-state index contributed by atoms with van der Waals surface area (Å²) in [5.74, 6) is -5.33. The third kappa shape index (κ3) is 24.9. The Morgan fingerprint density at radius 1 is 0.500 bits per heavy atom. The van der Waals surface area contributed by atoms with Crippen LogP contribution in [0.4, 0.5) is 9.59 Å². The summed E-state index contributed by atoms with van der Waals surface area (Å²) >= 11 is 12.8. The lowest BCUT2D eigenvalue weighted by Crippen LogP contribution is -2.61. The second kappa shape index (κ2) is 37.9. The van der Waals surface area contributed by atoms with Gasteiger partial charge in [-0.3, -0.25) is 28.8 Å². The zero-order valence-electron chi connectivity index (χ0n) is 56.5. The van der Waals surface area contributed by atoms with Gasteiger partial charge in [0.25, 0.3) is 0 Å². The van der Waals surface area contributed by atoms with Crippen molar-refractivity contribution in [2.24, 2.45) is 11.8 Å². The molecule has 0 aliphatic carbocycles. The molecule has 7 atom stereocenters. The lowest BCUT2D eigenvalue weighted by atomic mass is 9.98. The summed E-state index contributed by atoms with van der Waals surface area (Å²) in [5, 5.41) is 20.5. The first-order valence-corrected chi connectivity index (χ1v) is 33.8. The number of carbonyl (C=O) groups is 9. The van der Waals surface area contributed by atoms with Gasteiger partial charge in [0.05, 0.1) is 0 Å². The average Bonchev–Trinajstić information content (AvgIpc) is 1.57. The fourth-order valence-electron chi connectivity index (χ4n) is 11.0. The summed E-state index contributed by atoms with van der Waals surface area (Å²) in [6, 6.07) is 39.3. The minimum atomic E-state index is -1.40. The van der Waals surface area contributed by atoms with Gasteiger partial charge in [-0.15, -0.1) is 0 Å². The molecule has 6 aromatic carbocycles. The molecule has 522 valence electrons. The highest BCUT2D eigenvalue weighted by molar-refractivity contribution is 6.36. The lowest BCUT2D eigenvalue weighted by molar-refractivity contribution is -0.155. The largest absolute Gasteiger partial charge is 0.489 e. The summed E-state index contributed by atoms with van der Waals surface area (Å²) in [7, 11) is 0. The van der Waals surface area contributed by atoms with E-state index >= 15 is 4.79 Å². The minimum Gasteiger partial charge on any atom is -0.489 e. The van der Waals surface area contributed by atoms with Gasteiger partial charge in [0, 0.05) is 48.0 Å². The van der Waals surface area contributed by atoms with Crippen LogP contribution in [0.25, 0.3) is 0 Å². The second-order valence-corrected chi connectivity index (χ2v) is 26.7. The quantitative estimate of drug-likeness (QED) is 0.0115. The Balaban J connectivity index is 1.13. The van der Waals surface area contributed by atoms with Crippen molar-refractivity contribution in [1.82, 2.24) is 42.1 Å². The van der Waals surface area contributed by atoms with E-state index in [-0.39, 0.29) is 77.4 Å². The molecule has 1 aliphatic heterocycles. The fraction of sp³-hybridized carbons (Fsp3) is 0.400. The lowest BCUT2D eigenvalue weighted by Gasteiger charge is -2.31. The van der Waals surface area contributed by atoms with Crippen LogP contribution in [0.15, 0.2) is 164 Å². The first-order chi connectivity index (χ1) is 46.9. The molecule has 0 radical (unpaired) electrons. The highest BCUT2D eigenvalue weighted by Crippen LogP contribution is 2.27. The summed E-state index contributed by atoms with van der Waals surface area (Å²) in [4.78, 5) is 131. The summed E-state index contributed by atoms with van der Waals surface area (Å²) in [6.45, 7) is 12.4. The van der Waals surface area contributed by atoms with E-state index in [9.17, 15) is 38.4 Å². The Morgan fingerprint density at radius 2 is 0.969 bits per heavy atom. The van der Waals surface area contributed by atoms with Crippen molar-refractivity contribution in [2.75, 3.05) is 13.1 Å². The molecule has 1 heterocycles. The van der Waals surface area contributed by atoms with Gasteiger partial charge in [-0.2, -0.15) is 0 Å². The van der Waals surface area contributed by atoms with Crippen molar-refractivity contribution >= 4 is 76.8 Å². The second-order valence-electron chi connectivity index (χ2n) is 25.9. The van der Waals surface area contributed by atoms with Gasteiger partial charge in [-0.1, -0.05) is 190 Å². The molecule has 0 bridgehead atoms. The zero-order chi connectivity index (χ0) is 70.7. The Kier molecular flexibility index (Phi) is 29.3. The van der Waals surface area contributed by atoms with Crippen LogP contribution in [0.2, 0.25) is 10.0 Å². The van der Waals surface area contributed by atoms with Crippen LogP contribution in [-0.2, 0) is 86.9 Å². The maximum absolute atomic E-state index is 15.0. The molecular formula is C75H90Cl2N8O13. The molecule has 6 aromatic rings. The van der Waals surface area contributed by atoms with Crippen LogP contribution in [-0.4, -0.2) is 119 Å². The van der Waals surface area contributed by atoms with E-state index in [1.54, 1.807) is 132 Å². The molecule has 0 saturated carbocycles. The Hall–Kier alpha value is -9.47. The van der Waals surface area contributed by atoms with E-state index in [0.717, 1.165) is 16.7 Å². The molecule has 21 nitrogen and oxygen atoms in total. The Labute approximate surface area is 583 Å². The van der Waals surface area contributed by atoms with Crippen LogP contribution in [0.5, 0.6) is 5.75 Å². The van der Waals surface area contributed by atoms with Gasteiger partial charge in [0.15, 0.2) is 0 Å². The molecule has 1 aliphatic rings. The topological polar surface area (TPSA) is 278 Å². The van der Waals surface area contributed by atoms with Crippen LogP contribution in [0.1, 0.15) is 114 Å². The molecule has 98 heavy (non-hydrogen) atoms. The number of hydrogen-bond donors (Lipinski definition) is 7. The van der Waals surface area contributed by atoms with Gasteiger partial charge >= 0.3 is 18.2 Å². The molecule has 1 saturated heterocycles. The fourth-order valence-corrected chi connectivity index (χ4v) is 11.5. The number of nitrogens with one attached hydrogen (secondary N) is 7. The van der Waals surface area contributed by atoms with Crippen molar-refractivity contribution in [3.05, 3.63) is 207 Å². The van der Waals surface area contributed by atoms with Crippen LogP contribution < -0.4 is 42.0 Å². The Bertz CT molecular complexity index is 3580. The van der Waals surface area contributed by atoms with E-state index in [0.29, 0.717) is 45.3 Å². The van der Waals surface area contributed by atoms with Crippen LogP contribution in [0, 0.1) is 11.8 Å². The van der Waals surface area contributed by atoms with Crippen molar-refractivity contribution in [3.63, 3.8) is 0 Å². The van der Waals surface area contributed by atoms with E-state index in [1.165, 1.54) is 4.90 Å². The molecule has 0 spiro atoms. The number of alkyl carbamates (subject to hydrolysis) is 2. The van der Waals surface area contributed by atoms with Crippen molar-refractivity contribution in [2.45, 2.75) is 168 Å². The molecule has 0 unspecified atom stereocenters. The van der Waals surface area contributed by atoms with Gasteiger partial charge in [0.1, 0.15) is 73.5 Å². The molecule has 8 amide bonds. The van der Waals surface area contributed by atoms with Crippen molar-refractivity contribution in [1.29, 1.82) is 0 Å². The molecule has 23 heteroatoms. The van der Waals surface area contributed by atoms with Gasteiger partial charge in [-0.05, 0) is 117 Å². The predicted molar refractivity (Wildman–Crippen MR) is 373 cm³/mol. The first kappa shape index (κ1) is 75.9. The number of amides is 8. The summed E-state index contributed by atoms with van der Waals surface area (Å²) in [6.07, 6.45) is -0.725. The average molecular weight is 1380 g/mol. The van der Waals surface area contributed by atoms with Crippen molar-refractivity contribution < 1.29 is 62.1 Å². The Morgan fingerprint density at radius 3 is 1.52 bits per heavy atom. The van der Waals surface area contributed by atoms with E-state index in [2.05, 4.69) is 37.2 Å². The predicted octanol–water partition coefficient (Wildman–Crippen LogP) is 10.1. The van der Waals surface area contributed by atoms with Crippen LogP contribution in [0.3, 0.4) is 0 Å². The molecule has 0 aromatic heterocycles. The monoisotopic (exact) mass is 1380 g/mol. The SMILES string of the molecule is CC(C)C[C@H](NC(=O)[C@H](CCCNC(=O)OCc1ccccc1)NC(=O)[C@@H](NC(=O)[C@@H](Cc1ccc(OCc2c(Cl)cccc2Cl)cc1)NC(=O)[C@@H](Cc1ccccc1)NC(=O)OC(C)(C)C)C(C)C)C(=O)N[C@H](Cc1ccccc1)C(=O)N1CCC[C@H]1C(=O)OCc1ccccc1. The maximum Gasteiger partial charge on any atom is 0.408 e. The van der Waals surface area contributed by atoms with Crippen molar-refractivity contribution in [3.8, 4) is 5.75 Å². The van der Waals surface area contributed by atoms with E-state index < -0.39 is 107 Å². The number of benzene rings is 6. The van der Waals surface area contributed by atoms with Gasteiger partial charge < -0.3 is 61.1 Å². The third-order valence-electron chi connectivity index (χ3n) is 16.0. The van der Waals surface area contributed by atoms with Crippen LogP contribution >= 0.6 is 23.2 Å². The number of halogens is 2. The van der Waals surface area contributed by atoms with E-state index in [1.807, 2.05) is 80.6 Å². The smallest absolute Gasteiger partial charge is 0.408 e. The third-order valence-corrected chi connectivity index (χ3v) is 16.7. The van der Waals surface area contributed by atoms with Gasteiger partial charge in [-0.25, -0.2) is 14.4 Å². The maximum atomic E-state index is 15.0. The number of esters is 1. The zero-order valence-corrected chi connectivity index (χ0v) is 58.0. The minimum absolute atomic E-state index is 0.00255. The highest BCUT2D eigenvalue weighted by atomic mass is 35.5. The normalized spacial score (nSPS) is 14.6. The van der Waals surface area contributed by atoms with E-state index in [4.69, 9.17) is 42.1 Å². The molecular weight excluding hydrogens is 1290 g/mol. The number of ether oxygens (including phenoxy) is 4. The molecule has 7 N–H and O–H groups in total. The number of likely N-dealkylation sites (tertiary alicyclic amines) is 1. The standard InChI is InChI=1S/C75H90Cl2N8O13/c1-48(2)41-60(67(87)82-63(44-51-25-14-9-15-26-51)71(91)85-40-22-34-64(85)72(92)96-45-53-27-16-10-17-28-53)80-66(86)59(33-21-39-78-73(93)97-46-54-29-18-11-19-30-54)79-70(90)65(49(3)4)84-69(89)61(43-52-35-37-55(38-36-52)95-47-56-57(76)31-20-32-58(56)77)81-68(88)62(42-50-23-12-8-13-24-50)83-74(94)98-75(5,6)7/h8-20,23-32,35-38,48-49,59-65H,21-22,33-34,39-47H2,1-7H3,(H,78,93)(H,79,90)(H,80,86)(H,81,88)(H,82,87)(H,83,94)(H,84,89)/t59-,60-,61+,62+,63+,64-,65-/m0/s1. The molecule has 1 fully saturated rings. The number of carbonyl (C=O) groups excluding carboxylic acids is 9. The summed E-state index contributed by atoms with van der Waals surface area (Å²) in [5.41, 5.74) is 3.17.